The summed E-state index contributed by atoms with van der Waals surface area (Å²) in [5.41, 5.74) is 1.44. The lowest BCUT2D eigenvalue weighted by atomic mass is 9.79. The molecule has 1 aliphatic rings. The Balaban J connectivity index is 2.09. The number of rotatable bonds is 6. The van der Waals surface area contributed by atoms with E-state index in [4.69, 9.17) is 16.3 Å². The van der Waals surface area contributed by atoms with E-state index in [1.165, 1.54) is 0 Å². The molecule has 0 atom stereocenters. The van der Waals surface area contributed by atoms with Gasteiger partial charge in [-0.05, 0) is 38.1 Å². The molecule has 1 N–H and O–H groups in total. The van der Waals surface area contributed by atoms with E-state index in [-0.39, 0.29) is 6.61 Å². The van der Waals surface area contributed by atoms with Crippen LogP contribution in [0.4, 0.5) is 5.69 Å². The van der Waals surface area contributed by atoms with Gasteiger partial charge >= 0.3 is 5.97 Å². The zero-order valence-electron chi connectivity index (χ0n) is 14.0. The second kappa shape index (κ2) is 7.51. The maximum Gasteiger partial charge on any atom is 0.312 e. The van der Waals surface area contributed by atoms with E-state index in [1.54, 1.807) is 7.11 Å². The third kappa shape index (κ3) is 3.97. The first-order valence-electron chi connectivity index (χ1n) is 7.79. The number of halogens is 1. The highest BCUT2D eigenvalue weighted by Gasteiger charge is 2.41. The molecule has 0 unspecified atom stereocenters. The third-order valence-electron chi connectivity index (χ3n) is 4.65. The Labute approximate surface area is 142 Å². The quantitative estimate of drug-likeness (QED) is 0.863. The second-order valence-corrected chi connectivity index (χ2v) is 6.83. The summed E-state index contributed by atoms with van der Waals surface area (Å²) in [5, 5.41) is 10.3. The SMILES string of the molecule is COCC1(C(=O)O)CCN(Cc2c(Cl)cccc2N(C)C)CC1. The van der Waals surface area contributed by atoms with Gasteiger partial charge in [-0.25, -0.2) is 0 Å². The number of aliphatic carboxylic acids is 1. The van der Waals surface area contributed by atoms with Gasteiger partial charge in [-0.15, -0.1) is 0 Å². The summed E-state index contributed by atoms with van der Waals surface area (Å²) in [6.45, 7) is 2.46. The van der Waals surface area contributed by atoms with Gasteiger partial charge < -0.3 is 14.7 Å². The van der Waals surface area contributed by atoms with Gasteiger partial charge in [0.1, 0.15) is 0 Å². The Morgan fingerprint density at radius 1 is 1.39 bits per heavy atom. The maximum atomic E-state index is 11.6. The van der Waals surface area contributed by atoms with Gasteiger partial charge in [-0.2, -0.15) is 0 Å². The minimum Gasteiger partial charge on any atom is -0.481 e. The number of piperidine rings is 1. The number of hydrogen-bond acceptors (Lipinski definition) is 4. The molecule has 1 saturated heterocycles. The van der Waals surface area contributed by atoms with Crippen LogP contribution >= 0.6 is 11.6 Å². The van der Waals surface area contributed by atoms with Crippen molar-refractivity contribution in [2.45, 2.75) is 19.4 Å². The molecule has 0 amide bonds. The summed E-state index contributed by atoms with van der Waals surface area (Å²) < 4.78 is 5.14. The normalized spacial score (nSPS) is 17.9. The zero-order valence-corrected chi connectivity index (χ0v) is 14.8. The van der Waals surface area contributed by atoms with Gasteiger partial charge in [-0.1, -0.05) is 17.7 Å². The van der Waals surface area contributed by atoms with Crippen molar-refractivity contribution in [3.63, 3.8) is 0 Å². The molecule has 2 rings (SSSR count). The molecule has 1 fully saturated rings. The Hall–Kier alpha value is -1.30. The summed E-state index contributed by atoms with van der Waals surface area (Å²) in [5.74, 6) is -0.759. The summed E-state index contributed by atoms with van der Waals surface area (Å²) in [6, 6.07) is 5.91. The molecular formula is C17H25ClN2O3. The van der Waals surface area contributed by atoms with Gasteiger partial charge in [0.2, 0.25) is 0 Å². The number of carboxylic acid groups (broad SMARTS) is 1. The number of likely N-dealkylation sites (tertiary alicyclic amines) is 1. The monoisotopic (exact) mass is 340 g/mol. The van der Waals surface area contributed by atoms with Crippen LogP contribution < -0.4 is 4.90 Å². The van der Waals surface area contributed by atoms with E-state index < -0.39 is 11.4 Å². The van der Waals surface area contributed by atoms with E-state index >= 15 is 0 Å². The lowest BCUT2D eigenvalue weighted by Crippen LogP contribution is -2.46. The highest BCUT2D eigenvalue weighted by molar-refractivity contribution is 6.31. The molecule has 1 aliphatic heterocycles. The highest BCUT2D eigenvalue weighted by atomic mass is 35.5. The fraction of sp³-hybridized carbons (Fsp3) is 0.588. The molecule has 0 aliphatic carbocycles. The van der Waals surface area contributed by atoms with Crippen molar-refractivity contribution in [1.29, 1.82) is 0 Å². The van der Waals surface area contributed by atoms with E-state index in [2.05, 4.69) is 15.9 Å². The molecule has 1 aromatic carbocycles. The molecule has 0 bridgehead atoms. The van der Waals surface area contributed by atoms with E-state index in [0.717, 1.165) is 35.9 Å². The van der Waals surface area contributed by atoms with Crippen LogP contribution in [0.5, 0.6) is 0 Å². The molecule has 1 aromatic rings. The number of ether oxygens (including phenoxy) is 1. The van der Waals surface area contributed by atoms with Crippen LogP contribution in [0, 0.1) is 5.41 Å². The molecule has 0 saturated carbocycles. The number of methoxy groups -OCH3 is 1. The Bertz CT molecular complexity index is 555. The van der Waals surface area contributed by atoms with Crippen molar-refractivity contribution in [1.82, 2.24) is 4.90 Å². The first kappa shape index (κ1) is 18.0. The molecule has 128 valence electrons. The lowest BCUT2D eigenvalue weighted by Gasteiger charge is -2.38. The third-order valence-corrected chi connectivity index (χ3v) is 5.00. The molecule has 0 spiro atoms. The molecule has 0 radical (unpaired) electrons. The van der Waals surface area contributed by atoms with Crippen LogP contribution in [-0.2, 0) is 16.1 Å². The first-order valence-corrected chi connectivity index (χ1v) is 8.17. The van der Waals surface area contributed by atoms with Crippen molar-refractivity contribution < 1.29 is 14.6 Å². The van der Waals surface area contributed by atoms with Crippen molar-refractivity contribution in [2.24, 2.45) is 5.41 Å². The van der Waals surface area contributed by atoms with Crippen molar-refractivity contribution in [2.75, 3.05) is 45.8 Å². The summed E-state index contributed by atoms with van der Waals surface area (Å²) in [7, 11) is 5.56. The Morgan fingerprint density at radius 2 is 2.04 bits per heavy atom. The Morgan fingerprint density at radius 3 is 2.57 bits per heavy atom. The van der Waals surface area contributed by atoms with Gasteiger partial charge in [0, 0.05) is 44.0 Å². The van der Waals surface area contributed by atoms with Gasteiger partial charge in [0.05, 0.1) is 12.0 Å². The van der Waals surface area contributed by atoms with Gasteiger partial charge in [0.15, 0.2) is 0 Å². The largest absolute Gasteiger partial charge is 0.481 e. The van der Waals surface area contributed by atoms with Crippen LogP contribution in [0.3, 0.4) is 0 Å². The standard InChI is InChI=1S/C17H25ClN2O3/c1-19(2)15-6-4-5-14(18)13(15)11-20-9-7-17(8-10-20,12-23-3)16(21)22/h4-6H,7-12H2,1-3H3,(H,21,22). The molecule has 6 heteroatoms. The summed E-state index contributed by atoms with van der Waals surface area (Å²) in [6.07, 6.45) is 1.19. The number of hydrogen-bond donors (Lipinski definition) is 1. The predicted molar refractivity (Wildman–Crippen MR) is 92.2 cm³/mol. The van der Waals surface area contributed by atoms with Crippen molar-refractivity contribution in [3.05, 3.63) is 28.8 Å². The van der Waals surface area contributed by atoms with Crippen LogP contribution in [-0.4, -0.2) is 56.9 Å². The fourth-order valence-electron chi connectivity index (χ4n) is 3.18. The average Bonchev–Trinajstić information content (AvgIpc) is 2.51. The summed E-state index contributed by atoms with van der Waals surface area (Å²) in [4.78, 5) is 15.9. The number of anilines is 1. The fourth-order valence-corrected chi connectivity index (χ4v) is 3.41. The molecule has 0 aromatic heterocycles. The highest BCUT2D eigenvalue weighted by Crippen LogP contribution is 2.34. The minimum atomic E-state index is -0.759. The number of benzene rings is 1. The van der Waals surface area contributed by atoms with Gasteiger partial charge in [0.25, 0.3) is 0 Å². The minimum absolute atomic E-state index is 0.269. The number of carboxylic acids is 1. The molecule has 5 nitrogen and oxygen atoms in total. The predicted octanol–water partition coefficient (Wildman–Crippen LogP) is 2.72. The second-order valence-electron chi connectivity index (χ2n) is 6.43. The van der Waals surface area contributed by atoms with E-state index in [0.29, 0.717) is 12.8 Å². The van der Waals surface area contributed by atoms with E-state index in [1.807, 2.05) is 26.2 Å². The summed E-state index contributed by atoms with van der Waals surface area (Å²) >= 11 is 6.38. The molecular weight excluding hydrogens is 316 g/mol. The lowest BCUT2D eigenvalue weighted by molar-refractivity contribution is -0.156. The smallest absolute Gasteiger partial charge is 0.312 e. The van der Waals surface area contributed by atoms with Crippen LogP contribution in [0.1, 0.15) is 18.4 Å². The Kier molecular flexibility index (Phi) is 5.89. The van der Waals surface area contributed by atoms with Crippen LogP contribution in [0.25, 0.3) is 0 Å². The topological polar surface area (TPSA) is 53.0 Å². The van der Waals surface area contributed by atoms with Crippen LogP contribution in [0.15, 0.2) is 18.2 Å². The number of carbonyl (C=O) groups is 1. The maximum absolute atomic E-state index is 11.6. The van der Waals surface area contributed by atoms with E-state index in [9.17, 15) is 9.90 Å². The molecule has 1 heterocycles. The van der Waals surface area contributed by atoms with Crippen molar-refractivity contribution in [3.8, 4) is 0 Å². The van der Waals surface area contributed by atoms with Crippen LogP contribution in [0.2, 0.25) is 5.02 Å². The molecule has 23 heavy (non-hydrogen) atoms. The first-order chi connectivity index (χ1) is 10.9. The van der Waals surface area contributed by atoms with Crippen molar-refractivity contribution >= 4 is 23.3 Å². The van der Waals surface area contributed by atoms with Gasteiger partial charge in [-0.3, -0.25) is 9.69 Å². The number of nitrogens with zero attached hydrogens (tertiary/aromatic N) is 2. The zero-order chi connectivity index (χ0) is 17.0. The average molecular weight is 341 g/mol.